The van der Waals surface area contributed by atoms with Crippen molar-refractivity contribution >= 4 is 0 Å². The standard InChI is InChI=1S/C17H15N3O3/c1-10(2)16-19-17(23-20-16)12-3-5-13(18-8-12)11-4-6-14-15(7-11)22-9-21-14/h3-8,10H,9H2,1-2H3. The summed E-state index contributed by atoms with van der Waals surface area (Å²) in [6, 6.07) is 9.61. The van der Waals surface area contributed by atoms with Crippen molar-refractivity contribution in [1.29, 1.82) is 0 Å². The summed E-state index contributed by atoms with van der Waals surface area (Å²) in [5.74, 6) is 2.91. The van der Waals surface area contributed by atoms with Gasteiger partial charge in [-0.1, -0.05) is 19.0 Å². The van der Waals surface area contributed by atoms with E-state index in [-0.39, 0.29) is 12.7 Å². The number of hydrogen-bond acceptors (Lipinski definition) is 6. The minimum Gasteiger partial charge on any atom is -0.454 e. The number of pyridine rings is 1. The molecule has 0 unspecified atom stereocenters. The van der Waals surface area contributed by atoms with Crippen LogP contribution in [0.3, 0.4) is 0 Å². The first-order valence-corrected chi connectivity index (χ1v) is 7.41. The minimum atomic E-state index is 0.230. The molecule has 0 aliphatic carbocycles. The average Bonchev–Trinajstić information content (AvgIpc) is 3.23. The molecule has 0 fully saturated rings. The van der Waals surface area contributed by atoms with Gasteiger partial charge in [-0.3, -0.25) is 4.98 Å². The van der Waals surface area contributed by atoms with Crippen LogP contribution in [0.1, 0.15) is 25.6 Å². The Kier molecular flexibility index (Phi) is 3.22. The topological polar surface area (TPSA) is 70.3 Å². The van der Waals surface area contributed by atoms with Gasteiger partial charge in [0, 0.05) is 17.7 Å². The molecule has 1 aliphatic rings. The number of aromatic nitrogens is 3. The first kappa shape index (κ1) is 13.8. The number of ether oxygens (including phenoxy) is 2. The molecule has 1 aliphatic heterocycles. The lowest BCUT2D eigenvalue weighted by Gasteiger charge is -2.03. The summed E-state index contributed by atoms with van der Waals surface area (Å²) in [5.41, 5.74) is 2.61. The predicted octanol–water partition coefficient (Wildman–Crippen LogP) is 3.65. The first-order valence-electron chi connectivity index (χ1n) is 7.41. The number of rotatable bonds is 3. The lowest BCUT2D eigenvalue weighted by molar-refractivity contribution is 0.174. The van der Waals surface area contributed by atoms with Gasteiger partial charge in [-0.2, -0.15) is 4.98 Å². The summed E-state index contributed by atoms with van der Waals surface area (Å²) in [6.45, 7) is 4.31. The molecule has 1 aromatic carbocycles. The van der Waals surface area contributed by atoms with Crippen LogP contribution in [0.5, 0.6) is 11.5 Å². The second kappa shape index (κ2) is 5.39. The summed E-state index contributed by atoms with van der Waals surface area (Å²) in [5, 5.41) is 3.97. The van der Waals surface area contributed by atoms with Crippen LogP contribution in [0.15, 0.2) is 41.1 Å². The zero-order valence-corrected chi connectivity index (χ0v) is 12.8. The third-order valence-corrected chi connectivity index (χ3v) is 3.64. The normalized spacial score (nSPS) is 12.8. The fraction of sp³-hybridized carbons (Fsp3) is 0.235. The maximum atomic E-state index is 5.40. The molecular weight excluding hydrogens is 294 g/mol. The van der Waals surface area contributed by atoms with Crippen LogP contribution >= 0.6 is 0 Å². The average molecular weight is 309 g/mol. The molecule has 0 spiro atoms. The molecule has 0 radical (unpaired) electrons. The third kappa shape index (κ3) is 2.52. The molecule has 0 amide bonds. The third-order valence-electron chi connectivity index (χ3n) is 3.64. The van der Waals surface area contributed by atoms with Gasteiger partial charge in [0.2, 0.25) is 6.79 Å². The van der Waals surface area contributed by atoms with Crippen LogP contribution in [0.2, 0.25) is 0 Å². The van der Waals surface area contributed by atoms with Crippen molar-refractivity contribution in [2.45, 2.75) is 19.8 Å². The smallest absolute Gasteiger partial charge is 0.259 e. The quantitative estimate of drug-likeness (QED) is 0.735. The lowest BCUT2D eigenvalue weighted by atomic mass is 10.1. The van der Waals surface area contributed by atoms with Gasteiger partial charge < -0.3 is 14.0 Å². The van der Waals surface area contributed by atoms with Gasteiger partial charge in [-0.05, 0) is 30.3 Å². The molecule has 0 bridgehead atoms. The maximum absolute atomic E-state index is 5.40. The lowest BCUT2D eigenvalue weighted by Crippen LogP contribution is -1.92. The van der Waals surface area contributed by atoms with E-state index >= 15 is 0 Å². The van der Waals surface area contributed by atoms with Gasteiger partial charge in [0.1, 0.15) is 0 Å². The molecule has 2 aromatic heterocycles. The second-order valence-corrected chi connectivity index (χ2v) is 5.61. The Bertz CT molecular complexity index is 841. The van der Waals surface area contributed by atoms with E-state index < -0.39 is 0 Å². The highest BCUT2D eigenvalue weighted by Gasteiger charge is 2.15. The van der Waals surface area contributed by atoms with Gasteiger partial charge >= 0.3 is 0 Å². The predicted molar refractivity (Wildman–Crippen MR) is 83.2 cm³/mol. The van der Waals surface area contributed by atoms with E-state index in [1.54, 1.807) is 6.20 Å². The molecular formula is C17H15N3O3. The Labute approximate surface area is 133 Å². The van der Waals surface area contributed by atoms with Crippen molar-refractivity contribution in [1.82, 2.24) is 15.1 Å². The summed E-state index contributed by atoms with van der Waals surface area (Å²) in [7, 11) is 0. The highest BCUT2D eigenvalue weighted by molar-refractivity contribution is 5.66. The van der Waals surface area contributed by atoms with E-state index in [1.165, 1.54) is 0 Å². The van der Waals surface area contributed by atoms with Crippen molar-refractivity contribution in [3.8, 4) is 34.2 Å². The van der Waals surface area contributed by atoms with Gasteiger partial charge in [-0.25, -0.2) is 0 Å². The van der Waals surface area contributed by atoms with E-state index in [0.717, 1.165) is 28.3 Å². The zero-order chi connectivity index (χ0) is 15.8. The summed E-state index contributed by atoms with van der Waals surface area (Å²) in [4.78, 5) is 8.86. The van der Waals surface area contributed by atoms with E-state index in [2.05, 4.69) is 15.1 Å². The molecule has 0 N–H and O–H groups in total. The zero-order valence-electron chi connectivity index (χ0n) is 12.8. The molecule has 6 nitrogen and oxygen atoms in total. The second-order valence-electron chi connectivity index (χ2n) is 5.61. The largest absolute Gasteiger partial charge is 0.454 e. The van der Waals surface area contributed by atoms with Crippen molar-refractivity contribution in [2.75, 3.05) is 6.79 Å². The molecule has 0 atom stereocenters. The van der Waals surface area contributed by atoms with Gasteiger partial charge in [0.05, 0.1) is 11.3 Å². The monoisotopic (exact) mass is 309 g/mol. The highest BCUT2D eigenvalue weighted by Crippen LogP contribution is 2.35. The Hall–Kier alpha value is -2.89. The van der Waals surface area contributed by atoms with Crippen LogP contribution in [0, 0.1) is 0 Å². The molecule has 116 valence electrons. The molecule has 4 rings (SSSR count). The number of hydrogen-bond donors (Lipinski definition) is 0. The van der Waals surface area contributed by atoms with Crippen molar-refractivity contribution in [2.24, 2.45) is 0 Å². The van der Waals surface area contributed by atoms with Crippen LogP contribution in [0.4, 0.5) is 0 Å². The van der Waals surface area contributed by atoms with E-state index in [1.807, 2.05) is 44.2 Å². The van der Waals surface area contributed by atoms with Crippen LogP contribution in [-0.4, -0.2) is 21.9 Å². The highest BCUT2D eigenvalue weighted by atomic mass is 16.7. The Morgan fingerprint density at radius 1 is 1.00 bits per heavy atom. The molecule has 23 heavy (non-hydrogen) atoms. The van der Waals surface area contributed by atoms with E-state index in [0.29, 0.717) is 11.7 Å². The Morgan fingerprint density at radius 2 is 1.83 bits per heavy atom. The fourth-order valence-electron chi connectivity index (χ4n) is 2.33. The summed E-state index contributed by atoms with van der Waals surface area (Å²) >= 11 is 0. The molecule has 3 aromatic rings. The van der Waals surface area contributed by atoms with Crippen molar-refractivity contribution in [3.05, 3.63) is 42.4 Å². The minimum absolute atomic E-state index is 0.230. The van der Waals surface area contributed by atoms with Gasteiger partial charge in [-0.15, -0.1) is 0 Å². The molecule has 3 heterocycles. The molecule has 0 saturated heterocycles. The van der Waals surface area contributed by atoms with Crippen LogP contribution in [0.25, 0.3) is 22.7 Å². The summed E-state index contributed by atoms with van der Waals surface area (Å²) < 4.78 is 16.0. The molecule has 0 saturated carbocycles. The summed E-state index contributed by atoms with van der Waals surface area (Å²) in [6.07, 6.45) is 1.73. The van der Waals surface area contributed by atoms with Gasteiger partial charge in [0.25, 0.3) is 5.89 Å². The van der Waals surface area contributed by atoms with E-state index in [4.69, 9.17) is 14.0 Å². The Morgan fingerprint density at radius 3 is 2.57 bits per heavy atom. The maximum Gasteiger partial charge on any atom is 0.259 e. The SMILES string of the molecule is CC(C)c1noc(-c2ccc(-c3ccc4c(c3)OCO4)nc2)n1. The number of fused-ring (bicyclic) bond motifs is 1. The molecule has 6 heteroatoms. The van der Waals surface area contributed by atoms with E-state index in [9.17, 15) is 0 Å². The number of benzene rings is 1. The number of nitrogens with zero attached hydrogens (tertiary/aromatic N) is 3. The van der Waals surface area contributed by atoms with Crippen LogP contribution < -0.4 is 9.47 Å². The first-order chi connectivity index (χ1) is 11.2. The van der Waals surface area contributed by atoms with Crippen molar-refractivity contribution in [3.63, 3.8) is 0 Å². The van der Waals surface area contributed by atoms with Crippen LogP contribution in [-0.2, 0) is 0 Å². The fourth-order valence-corrected chi connectivity index (χ4v) is 2.33. The Balaban J connectivity index is 1.62. The van der Waals surface area contributed by atoms with Crippen molar-refractivity contribution < 1.29 is 14.0 Å². The van der Waals surface area contributed by atoms with Gasteiger partial charge in [0.15, 0.2) is 17.3 Å².